The molecule has 0 spiro atoms. The van der Waals surface area contributed by atoms with Crippen molar-refractivity contribution >= 4 is 29.1 Å². The van der Waals surface area contributed by atoms with E-state index >= 15 is 0 Å². The summed E-state index contributed by atoms with van der Waals surface area (Å²) in [6, 6.07) is 12.0. The van der Waals surface area contributed by atoms with Crippen molar-refractivity contribution in [1.29, 1.82) is 0 Å². The van der Waals surface area contributed by atoms with Gasteiger partial charge in [-0.2, -0.15) is 0 Å². The van der Waals surface area contributed by atoms with Crippen LogP contribution in [0.4, 0.5) is 5.69 Å². The standard InChI is InChI=1S/C19H21ClN2O4/c1-12(23)21-15(13-7-5-4-6-8-13)11-19(24)22-16-10-18(26-3)17(25-2)9-14(16)20/h4-10,15H,11H2,1-3H3,(H,21,23)(H,22,24)/t15-/m0/s1. The van der Waals surface area contributed by atoms with Crippen molar-refractivity contribution in [2.24, 2.45) is 0 Å². The molecule has 2 N–H and O–H groups in total. The van der Waals surface area contributed by atoms with Crippen LogP contribution in [-0.4, -0.2) is 26.0 Å². The molecular weight excluding hydrogens is 356 g/mol. The van der Waals surface area contributed by atoms with Gasteiger partial charge in [0.15, 0.2) is 11.5 Å². The summed E-state index contributed by atoms with van der Waals surface area (Å²) in [5, 5.41) is 5.87. The van der Waals surface area contributed by atoms with Crippen LogP contribution in [0, 0.1) is 0 Å². The average molecular weight is 377 g/mol. The number of rotatable bonds is 7. The van der Waals surface area contributed by atoms with Crippen LogP contribution in [0.1, 0.15) is 24.9 Å². The van der Waals surface area contributed by atoms with Gasteiger partial charge < -0.3 is 20.1 Å². The summed E-state index contributed by atoms with van der Waals surface area (Å²) < 4.78 is 10.4. The maximum Gasteiger partial charge on any atom is 0.226 e. The number of hydrogen-bond donors (Lipinski definition) is 2. The minimum Gasteiger partial charge on any atom is -0.493 e. The first-order chi connectivity index (χ1) is 12.4. The lowest BCUT2D eigenvalue weighted by Crippen LogP contribution is -2.29. The third-order valence-electron chi connectivity index (χ3n) is 3.72. The quantitative estimate of drug-likeness (QED) is 0.774. The van der Waals surface area contributed by atoms with Crippen molar-refractivity contribution in [1.82, 2.24) is 5.32 Å². The first kappa shape index (κ1) is 19.6. The van der Waals surface area contributed by atoms with Gasteiger partial charge in [-0.3, -0.25) is 9.59 Å². The number of ether oxygens (including phenoxy) is 2. The van der Waals surface area contributed by atoms with Crippen molar-refractivity contribution < 1.29 is 19.1 Å². The van der Waals surface area contributed by atoms with Gasteiger partial charge in [0, 0.05) is 19.1 Å². The molecule has 0 aromatic heterocycles. The molecule has 1 atom stereocenters. The molecule has 0 saturated heterocycles. The Hall–Kier alpha value is -2.73. The molecule has 0 aliphatic heterocycles. The van der Waals surface area contributed by atoms with Gasteiger partial charge in [0.05, 0.1) is 37.4 Å². The summed E-state index contributed by atoms with van der Waals surface area (Å²) in [5.74, 6) is 0.419. The van der Waals surface area contributed by atoms with Crippen LogP contribution < -0.4 is 20.1 Å². The number of halogens is 1. The Bertz CT molecular complexity index is 781. The maximum absolute atomic E-state index is 12.5. The van der Waals surface area contributed by atoms with E-state index in [4.69, 9.17) is 21.1 Å². The Morgan fingerprint density at radius 2 is 1.69 bits per heavy atom. The number of benzene rings is 2. The van der Waals surface area contributed by atoms with Crippen LogP contribution in [0.15, 0.2) is 42.5 Å². The lowest BCUT2D eigenvalue weighted by atomic mass is 10.0. The topological polar surface area (TPSA) is 76.7 Å². The fourth-order valence-electron chi connectivity index (χ4n) is 2.52. The lowest BCUT2D eigenvalue weighted by Gasteiger charge is -2.19. The Balaban J connectivity index is 2.16. The molecule has 2 rings (SSSR count). The van der Waals surface area contributed by atoms with Gasteiger partial charge in [-0.15, -0.1) is 0 Å². The highest BCUT2D eigenvalue weighted by atomic mass is 35.5. The summed E-state index contributed by atoms with van der Waals surface area (Å²) in [4.78, 5) is 24.0. The van der Waals surface area contributed by atoms with Gasteiger partial charge in [0.1, 0.15) is 0 Å². The highest BCUT2D eigenvalue weighted by Gasteiger charge is 2.18. The number of carbonyl (C=O) groups is 2. The van der Waals surface area contributed by atoms with Gasteiger partial charge in [-0.05, 0) is 5.56 Å². The predicted molar refractivity (Wildman–Crippen MR) is 101 cm³/mol. The fraction of sp³-hybridized carbons (Fsp3) is 0.263. The molecule has 2 aromatic carbocycles. The van der Waals surface area contributed by atoms with E-state index in [1.807, 2.05) is 30.3 Å². The van der Waals surface area contributed by atoms with Gasteiger partial charge in [0.2, 0.25) is 11.8 Å². The number of carbonyl (C=O) groups excluding carboxylic acids is 2. The summed E-state index contributed by atoms with van der Waals surface area (Å²) in [6.45, 7) is 1.42. The molecule has 0 aliphatic rings. The molecule has 0 unspecified atom stereocenters. The van der Waals surface area contributed by atoms with E-state index in [9.17, 15) is 9.59 Å². The van der Waals surface area contributed by atoms with Crippen LogP contribution in [0.3, 0.4) is 0 Å². The molecule has 2 aromatic rings. The predicted octanol–water partition coefficient (Wildman–Crippen LogP) is 3.56. The molecule has 0 radical (unpaired) electrons. The average Bonchev–Trinajstić information content (AvgIpc) is 2.62. The minimum atomic E-state index is -0.437. The molecule has 7 heteroatoms. The summed E-state index contributed by atoms with van der Waals surface area (Å²) in [6.07, 6.45) is 0.0638. The molecule has 2 amide bonds. The molecule has 0 aliphatic carbocycles. The van der Waals surface area contributed by atoms with E-state index in [0.717, 1.165) is 5.56 Å². The molecule has 6 nitrogen and oxygen atoms in total. The molecular formula is C19H21ClN2O4. The zero-order chi connectivity index (χ0) is 19.1. The van der Waals surface area contributed by atoms with Crippen molar-refractivity contribution in [2.45, 2.75) is 19.4 Å². The van der Waals surface area contributed by atoms with Gasteiger partial charge >= 0.3 is 0 Å². The van der Waals surface area contributed by atoms with Crippen molar-refractivity contribution in [3.8, 4) is 11.5 Å². The second kappa shape index (κ2) is 9.10. The summed E-state index contributed by atoms with van der Waals surface area (Å²) in [5.41, 5.74) is 1.25. The summed E-state index contributed by atoms with van der Waals surface area (Å²) >= 11 is 6.20. The Morgan fingerprint density at radius 3 is 2.27 bits per heavy atom. The SMILES string of the molecule is COc1cc(Cl)c(NC(=O)C[C@H](NC(C)=O)c2ccccc2)cc1OC. The summed E-state index contributed by atoms with van der Waals surface area (Å²) in [7, 11) is 3.00. The zero-order valence-corrected chi connectivity index (χ0v) is 15.6. The van der Waals surface area contributed by atoms with Crippen molar-refractivity contribution in [3.63, 3.8) is 0 Å². The fourth-order valence-corrected chi connectivity index (χ4v) is 2.72. The number of nitrogens with one attached hydrogen (secondary N) is 2. The van der Waals surface area contributed by atoms with Crippen LogP contribution in [0.2, 0.25) is 5.02 Å². The smallest absolute Gasteiger partial charge is 0.226 e. The number of amides is 2. The van der Waals surface area contributed by atoms with E-state index in [1.165, 1.54) is 21.1 Å². The van der Waals surface area contributed by atoms with Crippen molar-refractivity contribution in [2.75, 3.05) is 19.5 Å². The molecule has 0 heterocycles. The molecule has 138 valence electrons. The first-order valence-corrected chi connectivity index (χ1v) is 8.35. The van der Waals surface area contributed by atoms with Gasteiger partial charge in [-0.25, -0.2) is 0 Å². The lowest BCUT2D eigenvalue weighted by molar-refractivity contribution is -0.120. The normalized spacial score (nSPS) is 11.4. The van der Waals surface area contributed by atoms with Crippen LogP contribution >= 0.6 is 11.6 Å². The Morgan fingerprint density at radius 1 is 1.08 bits per heavy atom. The van der Waals surface area contributed by atoms with Crippen LogP contribution in [0.25, 0.3) is 0 Å². The number of hydrogen-bond acceptors (Lipinski definition) is 4. The van der Waals surface area contributed by atoms with E-state index in [1.54, 1.807) is 12.1 Å². The van der Waals surface area contributed by atoms with E-state index < -0.39 is 6.04 Å². The van der Waals surface area contributed by atoms with E-state index in [-0.39, 0.29) is 18.2 Å². The first-order valence-electron chi connectivity index (χ1n) is 7.98. The zero-order valence-electron chi connectivity index (χ0n) is 14.8. The van der Waals surface area contributed by atoms with Gasteiger partial charge in [-0.1, -0.05) is 41.9 Å². The highest BCUT2D eigenvalue weighted by molar-refractivity contribution is 6.34. The molecule has 0 bridgehead atoms. The van der Waals surface area contributed by atoms with E-state index in [2.05, 4.69) is 10.6 Å². The largest absolute Gasteiger partial charge is 0.493 e. The monoisotopic (exact) mass is 376 g/mol. The third-order valence-corrected chi connectivity index (χ3v) is 4.03. The second-order valence-electron chi connectivity index (χ2n) is 5.60. The molecule has 0 fully saturated rings. The third kappa shape index (κ3) is 5.13. The molecule has 0 saturated carbocycles. The van der Waals surface area contributed by atoms with Crippen LogP contribution in [0.5, 0.6) is 11.5 Å². The Kier molecular flexibility index (Phi) is 6.86. The second-order valence-corrected chi connectivity index (χ2v) is 6.01. The molecule has 26 heavy (non-hydrogen) atoms. The maximum atomic E-state index is 12.5. The number of anilines is 1. The van der Waals surface area contributed by atoms with Crippen molar-refractivity contribution in [3.05, 3.63) is 53.1 Å². The van der Waals surface area contributed by atoms with Gasteiger partial charge in [0.25, 0.3) is 0 Å². The highest BCUT2D eigenvalue weighted by Crippen LogP contribution is 2.36. The minimum absolute atomic E-state index is 0.0638. The van der Waals surface area contributed by atoms with E-state index in [0.29, 0.717) is 22.2 Å². The number of methoxy groups -OCH3 is 2. The Labute approximate surface area is 157 Å². The van der Waals surface area contributed by atoms with Crippen LogP contribution in [-0.2, 0) is 9.59 Å².